The van der Waals surface area contributed by atoms with Gasteiger partial charge in [0.05, 0.1) is 17.6 Å². The number of rotatable bonds is 5. The summed E-state index contributed by atoms with van der Waals surface area (Å²) in [6, 6.07) is 5.94. The largest absolute Gasteiger partial charge is 0.392 e. The predicted molar refractivity (Wildman–Crippen MR) is 104 cm³/mol. The van der Waals surface area contributed by atoms with Crippen LogP contribution in [0.25, 0.3) is 0 Å². The fourth-order valence-corrected chi connectivity index (χ4v) is 4.30. The number of nitrogens with zero attached hydrogens (tertiary/aromatic N) is 1. The first kappa shape index (κ1) is 21.0. The van der Waals surface area contributed by atoms with E-state index >= 15 is 0 Å². The van der Waals surface area contributed by atoms with E-state index in [4.69, 9.17) is 0 Å². The normalized spacial score (nSPS) is 21.4. The van der Waals surface area contributed by atoms with Gasteiger partial charge in [0, 0.05) is 13.0 Å². The maximum atomic E-state index is 13.6. The van der Waals surface area contributed by atoms with Crippen LogP contribution in [0.3, 0.4) is 0 Å². The summed E-state index contributed by atoms with van der Waals surface area (Å²) in [6.45, 7) is 6.02. The zero-order valence-electron chi connectivity index (χ0n) is 16.6. The number of carbonyl (C=O) groups excluding carboxylic acids is 2. The molecule has 3 atom stereocenters. The highest BCUT2D eigenvalue weighted by atomic mass is 19.1. The Morgan fingerprint density at radius 2 is 1.86 bits per heavy atom. The fourth-order valence-electron chi connectivity index (χ4n) is 4.30. The average Bonchev–Trinajstić information content (AvgIpc) is 2.89. The van der Waals surface area contributed by atoms with Gasteiger partial charge in [-0.25, -0.2) is 0 Å². The first-order valence-electron chi connectivity index (χ1n) is 9.57. The third-order valence-corrected chi connectivity index (χ3v) is 5.54. The molecule has 1 saturated carbocycles. The molecule has 0 radical (unpaired) electrons. The number of aliphatic hydroxyl groups excluding tert-OH is 1. The highest BCUT2D eigenvalue weighted by molar-refractivity contribution is 5.94. The molecular weight excluding hydrogens is 378 g/mol. The van der Waals surface area contributed by atoms with E-state index in [0.29, 0.717) is 6.42 Å². The minimum absolute atomic E-state index is 0.0161. The van der Waals surface area contributed by atoms with Crippen molar-refractivity contribution < 1.29 is 23.5 Å². The molecule has 2 aromatic rings. The van der Waals surface area contributed by atoms with Crippen LogP contribution in [0, 0.1) is 38.6 Å². The molecule has 1 heterocycles. The number of Topliss-reactive ketones (excluding diaryl/α,β-unsaturated/α-hetero) is 1. The molecule has 3 rings (SSSR count). The second kappa shape index (κ2) is 8.37. The van der Waals surface area contributed by atoms with Crippen molar-refractivity contribution in [2.75, 3.05) is 6.54 Å². The molecule has 7 heteroatoms. The van der Waals surface area contributed by atoms with Crippen LogP contribution in [-0.4, -0.2) is 34.4 Å². The topological polar surface area (TPSA) is 79.3 Å². The number of nitrogens with one attached hydrogen (secondary N) is 1. The molecular formula is C22H24F2N2O3. The minimum atomic E-state index is -1.18. The number of hydrogen-bond acceptors (Lipinski definition) is 4. The van der Waals surface area contributed by atoms with E-state index in [1.807, 2.05) is 32.9 Å². The van der Waals surface area contributed by atoms with Crippen LogP contribution in [-0.2, 0) is 4.79 Å². The number of aliphatic hydroxyl groups is 1. The molecule has 0 spiro atoms. The van der Waals surface area contributed by atoms with Gasteiger partial charge >= 0.3 is 0 Å². The Labute approximate surface area is 168 Å². The summed E-state index contributed by atoms with van der Waals surface area (Å²) in [5.74, 6) is -3.78. The molecule has 1 aromatic heterocycles. The number of carbonyl (C=O) groups is 2. The Bertz CT molecular complexity index is 938. The predicted octanol–water partition coefficient (Wildman–Crippen LogP) is 3.14. The van der Waals surface area contributed by atoms with Crippen molar-refractivity contribution in [3.8, 4) is 0 Å². The van der Waals surface area contributed by atoms with E-state index in [1.54, 1.807) is 0 Å². The van der Waals surface area contributed by atoms with Crippen LogP contribution in [0.2, 0.25) is 0 Å². The maximum absolute atomic E-state index is 13.6. The Balaban J connectivity index is 1.65. The highest BCUT2D eigenvalue weighted by Gasteiger charge is 2.43. The van der Waals surface area contributed by atoms with E-state index in [2.05, 4.69) is 10.3 Å². The molecule has 2 N–H and O–H groups in total. The Morgan fingerprint density at radius 1 is 1.21 bits per heavy atom. The number of pyridine rings is 1. The van der Waals surface area contributed by atoms with Crippen molar-refractivity contribution in [3.63, 3.8) is 0 Å². The van der Waals surface area contributed by atoms with E-state index in [0.717, 1.165) is 34.4 Å². The van der Waals surface area contributed by atoms with E-state index in [1.165, 1.54) is 0 Å². The highest BCUT2D eigenvalue weighted by Crippen LogP contribution is 2.40. The molecule has 154 valence electrons. The summed E-state index contributed by atoms with van der Waals surface area (Å²) in [5, 5.41) is 13.3. The van der Waals surface area contributed by atoms with Gasteiger partial charge in [0.15, 0.2) is 0 Å². The number of aryl methyl sites for hydroxylation is 3. The quantitative estimate of drug-likeness (QED) is 0.753. The second-order valence-corrected chi connectivity index (χ2v) is 7.73. The van der Waals surface area contributed by atoms with E-state index in [9.17, 15) is 23.5 Å². The lowest BCUT2D eigenvalue weighted by Gasteiger charge is -2.22. The summed E-state index contributed by atoms with van der Waals surface area (Å²) < 4.78 is 26.4. The number of halogens is 2. The van der Waals surface area contributed by atoms with Crippen LogP contribution in [0.4, 0.5) is 8.78 Å². The lowest BCUT2D eigenvalue weighted by molar-refractivity contribution is -0.119. The van der Waals surface area contributed by atoms with Gasteiger partial charge in [0.2, 0.25) is 11.9 Å². The lowest BCUT2D eigenvalue weighted by Crippen LogP contribution is -2.29. The molecule has 1 aromatic carbocycles. The van der Waals surface area contributed by atoms with Gasteiger partial charge in [0.25, 0.3) is 5.91 Å². The molecule has 0 bridgehead atoms. The third kappa shape index (κ3) is 4.34. The molecule has 1 amide bonds. The number of amides is 1. The number of ketones is 1. The van der Waals surface area contributed by atoms with E-state index < -0.39 is 29.8 Å². The summed E-state index contributed by atoms with van der Waals surface area (Å²) in [4.78, 5) is 27.7. The van der Waals surface area contributed by atoms with Crippen molar-refractivity contribution in [2.24, 2.45) is 5.92 Å². The SMILES string of the molecule is Cc1cc(C)c(C2C(=O)CC(CCNC(=O)c3ccc(F)nc3F)C2O)c(C)c1. The van der Waals surface area contributed by atoms with Crippen molar-refractivity contribution in [3.05, 3.63) is 64.0 Å². The summed E-state index contributed by atoms with van der Waals surface area (Å²) in [5.41, 5.74) is 3.59. The number of aromatic nitrogens is 1. The van der Waals surface area contributed by atoms with Crippen LogP contribution >= 0.6 is 0 Å². The first-order valence-corrected chi connectivity index (χ1v) is 9.57. The first-order chi connectivity index (χ1) is 13.7. The molecule has 3 unspecified atom stereocenters. The summed E-state index contributed by atoms with van der Waals surface area (Å²) >= 11 is 0. The standard InChI is InChI=1S/C22H24F2N2O3/c1-11-8-12(2)18(13(3)9-11)19-16(27)10-14(20(19)28)6-7-25-22(29)15-4-5-17(23)26-21(15)24/h4-5,8-9,14,19-20,28H,6-7,10H2,1-3H3,(H,25,29). The molecule has 1 fully saturated rings. The van der Waals surface area contributed by atoms with Crippen molar-refractivity contribution in [1.29, 1.82) is 0 Å². The molecule has 0 aliphatic heterocycles. The Morgan fingerprint density at radius 3 is 2.48 bits per heavy atom. The van der Waals surface area contributed by atoms with Crippen LogP contribution in [0.5, 0.6) is 0 Å². The molecule has 1 aliphatic carbocycles. The van der Waals surface area contributed by atoms with Gasteiger partial charge in [-0.15, -0.1) is 0 Å². The van der Waals surface area contributed by atoms with Crippen molar-refractivity contribution in [1.82, 2.24) is 10.3 Å². The van der Waals surface area contributed by atoms with E-state index in [-0.39, 0.29) is 30.2 Å². The van der Waals surface area contributed by atoms with Gasteiger partial charge in [-0.3, -0.25) is 9.59 Å². The maximum Gasteiger partial charge on any atom is 0.255 e. The zero-order chi connectivity index (χ0) is 21.3. The third-order valence-electron chi connectivity index (χ3n) is 5.54. The van der Waals surface area contributed by atoms with Crippen LogP contribution < -0.4 is 5.32 Å². The van der Waals surface area contributed by atoms with Gasteiger partial charge in [-0.05, 0) is 61.9 Å². The van der Waals surface area contributed by atoms with Crippen LogP contribution in [0.15, 0.2) is 24.3 Å². The van der Waals surface area contributed by atoms with Gasteiger partial charge in [-0.1, -0.05) is 17.7 Å². The minimum Gasteiger partial charge on any atom is -0.392 e. The lowest BCUT2D eigenvalue weighted by atomic mass is 9.85. The van der Waals surface area contributed by atoms with Gasteiger partial charge in [-0.2, -0.15) is 13.8 Å². The monoisotopic (exact) mass is 402 g/mol. The second-order valence-electron chi connectivity index (χ2n) is 7.73. The molecule has 29 heavy (non-hydrogen) atoms. The molecule has 0 saturated heterocycles. The fraction of sp³-hybridized carbons (Fsp3) is 0.409. The smallest absolute Gasteiger partial charge is 0.255 e. The number of hydrogen-bond donors (Lipinski definition) is 2. The zero-order valence-corrected chi connectivity index (χ0v) is 16.6. The Hall–Kier alpha value is -2.67. The molecule has 1 aliphatic rings. The number of benzene rings is 1. The molecule has 5 nitrogen and oxygen atoms in total. The average molecular weight is 402 g/mol. The van der Waals surface area contributed by atoms with Crippen molar-refractivity contribution >= 4 is 11.7 Å². The van der Waals surface area contributed by atoms with Gasteiger partial charge < -0.3 is 10.4 Å². The summed E-state index contributed by atoms with van der Waals surface area (Å²) in [7, 11) is 0. The van der Waals surface area contributed by atoms with Crippen LogP contribution in [0.1, 0.15) is 51.4 Å². The summed E-state index contributed by atoms with van der Waals surface area (Å²) in [6.07, 6.45) is -0.250. The van der Waals surface area contributed by atoms with Gasteiger partial charge in [0.1, 0.15) is 5.78 Å². The van der Waals surface area contributed by atoms with Crippen molar-refractivity contribution in [2.45, 2.75) is 45.6 Å². The Kier molecular flexibility index (Phi) is 6.07.